The summed E-state index contributed by atoms with van der Waals surface area (Å²) in [5.41, 5.74) is 14.1. The summed E-state index contributed by atoms with van der Waals surface area (Å²) in [6.07, 6.45) is 4.37. The van der Waals surface area contributed by atoms with E-state index in [2.05, 4.69) is 28.4 Å². The molecule has 0 spiro atoms. The second-order valence-corrected chi connectivity index (χ2v) is 3.94. The van der Waals surface area contributed by atoms with Crippen LogP contribution >= 0.6 is 0 Å². The molecule has 0 saturated heterocycles. The third-order valence-corrected chi connectivity index (χ3v) is 2.72. The van der Waals surface area contributed by atoms with E-state index in [1.807, 2.05) is 6.07 Å². The zero-order valence-electron chi connectivity index (χ0n) is 9.19. The third kappa shape index (κ3) is 2.39. The van der Waals surface area contributed by atoms with Crippen LogP contribution in [0.5, 0.6) is 0 Å². The molecule has 84 valence electrons. The van der Waals surface area contributed by atoms with Crippen molar-refractivity contribution in [2.24, 2.45) is 21.7 Å². The van der Waals surface area contributed by atoms with Crippen molar-refractivity contribution in [3.63, 3.8) is 0 Å². The first-order valence-electron chi connectivity index (χ1n) is 5.51. The van der Waals surface area contributed by atoms with Crippen LogP contribution in [0.25, 0.3) is 0 Å². The van der Waals surface area contributed by atoms with Crippen LogP contribution in [0, 0.1) is 0 Å². The summed E-state index contributed by atoms with van der Waals surface area (Å²) in [6.45, 7) is 0. The Balaban J connectivity index is 2.40. The van der Waals surface area contributed by atoms with Crippen LogP contribution in [0.15, 0.2) is 34.5 Å². The van der Waals surface area contributed by atoms with Gasteiger partial charge in [0.1, 0.15) is 0 Å². The van der Waals surface area contributed by atoms with E-state index in [1.165, 1.54) is 17.5 Å². The van der Waals surface area contributed by atoms with Gasteiger partial charge in [-0.05, 0) is 31.2 Å². The van der Waals surface area contributed by atoms with Gasteiger partial charge in [0.25, 0.3) is 0 Å². The highest BCUT2D eigenvalue weighted by Crippen LogP contribution is 2.20. The number of guanidine groups is 1. The Bertz CT molecular complexity index is 430. The van der Waals surface area contributed by atoms with Gasteiger partial charge in [-0.15, -0.1) is 5.10 Å². The summed E-state index contributed by atoms with van der Waals surface area (Å²) < 4.78 is 0. The lowest BCUT2D eigenvalue weighted by Gasteiger charge is -2.05. The summed E-state index contributed by atoms with van der Waals surface area (Å²) in [5, 5.41) is 7.89. The molecule has 16 heavy (non-hydrogen) atoms. The fraction of sp³-hybridized carbons (Fsp3) is 0.333. The number of hydrogen-bond donors (Lipinski definition) is 2. The van der Waals surface area contributed by atoms with Gasteiger partial charge in [-0.2, -0.15) is 5.10 Å². The van der Waals surface area contributed by atoms with Crippen molar-refractivity contribution in [2.75, 3.05) is 0 Å². The van der Waals surface area contributed by atoms with E-state index in [-0.39, 0.29) is 5.96 Å². The van der Waals surface area contributed by atoms with E-state index in [0.29, 0.717) is 0 Å². The van der Waals surface area contributed by atoms with Gasteiger partial charge in [0, 0.05) is 5.56 Å². The molecule has 1 aliphatic carbocycles. The maximum atomic E-state index is 5.29. The van der Waals surface area contributed by atoms with Crippen molar-refractivity contribution < 1.29 is 0 Å². The van der Waals surface area contributed by atoms with Gasteiger partial charge in [-0.1, -0.05) is 24.3 Å². The lowest BCUT2D eigenvalue weighted by Crippen LogP contribution is -2.22. The van der Waals surface area contributed by atoms with Crippen LogP contribution < -0.4 is 11.5 Å². The number of fused-ring (bicyclic) bond motifs is 1. The Kier molecular flexibility index (Phi) is 3.19. The number of nitrogens with two attached hydrogens (primary N) is 2. The molecule has 0 unspecified atom stereocenters. The number of benzene rings is 1. The van der Waals surface area contributed by atoms with Crippen LogP contribution in [0.2, 0.25) is 0 Å². The monoisotopic (exact) mass is 216 g/mol. The van der Waals surface area contributed by atoms with E-state index in [9.17, 15) is 0 Å². The van der Waals surface area contributed by atoms with Crippen molar-refractivity contribution in [2.45, 2.75) is 25.7 Å². The summed E-state index contributed by atoms with van der Waals surface area (Å²) in [5.74, 6) is 0.00854. The first kappa shape index (κ1) is 10.7. The zero-order chi connectivity index (χ0) is 11.4. The van der Waals surface area contributed by atoms with Crippen molar-refractivity contribution >= 4 is 11.7 Å². The quantitative estimate of drug-likeness (QED) is 0.322. The van der Waals surface area contributed by atoms with Gasteiger partial charge in [0.2, 0.25) is 5.96 Å². The number of aryl methyl sites for hydroxylation is 1. The molecule has 0 saturated carbocycles. The molecule has 0 fully saturated rings. The lowest BCUT2D eigenvalue weighted by atomic mass is 10.0. The highest BCUT2D eigenvalue weighted by atomic mass is 15.3. The zero-order valence-corrected chi connectivity index (χ0v) is 9.19. The Hall–Kier alpha value is -1.84. The lowest BCUT2D eigenvalue weighted by molar-refractivity contribution is 0.775. The van der Waals surface area contributed by atoms with Crippen molar-refractivity contribution in [1.82, 2.24) is 0 Å². The molecular weight excluding hydrogens is 200 g/mol. The molecule has 1 aliphatic rings. The largest absolute Gasteiger partial charge is 0.369 e. The van der Waals surface area contributed by atoms with Gasteiger partial charge in [0.05, 0.1) is 5.71 Å². The van der Waals surface area contributed by atoms with E-state index in [4.69, 9.17) is 11.5 Å². The van der Waals surface area contributed by atoms with E-state index in [1.54, 1.807) is 0 Å². The molecule has 0 heterocycles. The summed E-state index contributed by atoms with van der Waals surface area (Å²) >= 11 is 0. The Morgan fingerprint density at radius 1 is 1.06 bits per heavy atom. The second kappa shape index (κ2) is 4.79. The summed E-state index contributed by atoms with van der Waals surface area (Å²) in [7, 11) is 0. The molecule has 0 atom stereocenters. The first-order chi connectivity index (χ1) is 7.77. The van der Waals surface area contributed by atoms with Crippen LogP contribution in [0.4, 0.5) is 0 Å². The molecule has 4 N–H and O–H groups in total. The molecule has 0 aromatic heterocycles. The minimum Gasteiger partial charge on any atom is -0.369 e. The maximum absolute atomic E-state index is 5.29. The van der Waals surface area contributed by atoms with Crippen LogP contribution in [-0.2, 0) is 6.42 Å². The van der Waals surface area contributed by atoms with Gasteiger partial charge in [-0.3, -0.25) is 0 Å². The molecule has 0 aliphatic heterocycles. The molecule has 4 heteroatoms. The molecule has 4 nitrogen and oxygen atoms in total. The fourth-order valence-corrected chi connectivity index (χ4v) is 1.98. The van der Waals surface area contributed by atoms with Crippen molar-refractivity contribution in [3.8, 4) is 0 Å². The normalized spacial score (nSPS) is 17.6. The molecule has 0 amide bonds. The number of rotatable bonds is 1. The fourth-order valence-electron chi connectivity index (χ4n) is 1.98. The van der Waals surface area contributed by atoms with Crippen LogP contribution in [-0.4, -0.2) is 11.7 Å². The predicted molar refractivity (Wildman–Crippen MR) is 66.3 cm³/mol. The SMILES string of the molecule is NC(N)=N/N=C1/CCCCc2ccccc21. The average Bonchev–Trinajstić information content (AvgIpc) is 2.48. The van der Waals surface area contributed by atoms with Crippen LogP contribution in [0.3, 0.4) is 0 Å². The number of hydrogen-bond acceptors (Lipinski definition) is 2. The maximum Gasteiger partial charge on any atom is 0.211 e. The minimum absolute atomic E-state index is 0.00854. The van der Waals surface area contributed by atoms with E-state index in [0.717, 1.165) is 25.0 Å². The third-order valence-electron chi connectivity index (χ3n) is 2.72. The average molecular weight is 216 g/mol. The Morgan fingerprint density at radius 2 is 1.81 bits per heavy atom. The van der Waals surface area contributed by atoms with Crippen LogP contribution in [0.1, 0.15) is 30.4 Å². The van der Waals surface area contributed by atoms with E-state index < -0.39 is 0 Å². The molecule has 1 aromatic carbocycles. The predicted octanol–water partition coefficient (Wildman–Crippen LogP) is 1.39. The second-order valence-electron chi connectivity index (χ2n) is 3.94. The van der Waals surface area contributed by atoms with Gasteiger partial charge < -0.3 is 11.5 Å². The Labute approximate surface area is 95.1 Å². The topological polar surface area (TPSA) is 76.8 Å². The molecule has 0 radical (unpaired) electrons. The molecular formula is C12H16N4. The highest BCUT2D eigenvalue weighted by Gasteiger charge is 2.12. The first-order valence-corrected chi connectivity index (χ1v) is 5.51. The Morgan fingerprint density at radius 3 is 2.62 bits per heavy atom. The molecule has 1 aromatic rings. The molecule has 0 bridgehead atoms. The van der Waals surface area contributed by atoms with Crippen molar-refractivity contribution in [1.29, 1.82) is 0 Å². The smallest absolute Gasteiger partial charge is 0.211 e. The minimum atomic E-state index is 0.00854. The van der Waals surface area contributed by atoms with Gasteiger partial charge in [0.15, 0.2) is 0 Å². The highest BCUT2D eigenvalue weighted by molar-refractivity contribution is 6.02. The van der Waals surface area contributed by atoms with Gasteiger partial charge in [-0.25, -0.2) is 0 Å². The standard InChI is InChI=1S/C12H16N4/c13-12(14)16-15-11-8-4-2-6-9-5-1-3-7-10(9)11/h1,3,5,7H,2,4,6,8H2,(H4,13,14,16)/b15-11-. The summed E-state index contributed by atoms with van der Waals surface area (Å²) in [6, 6.07) is 8.31. The summed E-state index contributed by atoms with van der Waals surface area (Å²) in [4.78, 5) is 0. The van der Waals surface area contributed by atoms with E-state index >= 15 is 0 Å². The van der Waals surface area contributed by atoms with Crippen molar-refractivity contribution in [3.05, 3.63) is 35.4 Å². The number of nitrogens with zero attached hydrogens (tertiary/aromatic N) is 2. The molecule has 2 rings (SSSR count). The van der Waals surface area contributed by atoms with Gasteiger partial charge >= 0.3 is 0 Å².